The van der Waals surface area contributed by atoms with Crippen molar-refractivity contribution >= 4 is 27.5 Å². The minimum absolute atomic E-state index is 0.120. The normalized spacial score (nSPS) is 14.9. The van der Waals surface area contributed by atoms with Crippen molar-refractivity contribution in [1.82, 2.24) is 10.2 Å². The Labute approximate surface area is 227 Å². The first-order valence-electron chi connectivity index (χ1n) is 13.4. The van der Waals surface area contributed by atoms with Crippen molar-refractivity contribution in [3.63, 3.8) is 0 Å². The molecule has 38 heavy (non-hydrogen) atoms. The Hall–Kier alpha value is -3.07. The first-order valence-corrected chi connectivity index (χ1v) is 15.2. The lowest BCUT2D eigenvalue weighted by atomic mass is 9.95. The minimum atomic E-state index is -3.52. The fourth-order valence-corrected chi connectivity index (χ4v) is 5.76. The Morgan fingerprint density at radius 3 is 2.24 bits per heavy atom. The number of hydrogen-bond acceptors (Lipinski definition) is 5. The average Bonchev–Trinajstić information content (AvgIpc) is 2.90. The van der Waals surface area contributed by atoms with Gasteiger partial charge in [-0.25, -0.2) is 8.42 Å². The van der Waals surface area contributed by atoms with Gasteiger partial charge in [-0.3, -0.25) is 13.9 Å². The first kappa shape index (κ1) is 29.5. The van der Waals surface area contributed by atoms with Crippen LogP contribution in [0, 0.1) is 6.92 Å². The number of methoxy groups -OCH3 is 1. The molecule has 9 heteroatoms. The molecule has 1 atom stereocenters. The number of ether oxygens (including phenoxy) is 1. The number of carbonyl (C=O) groups excluding carboxylic acids is 2. The Balaban J connectivity index is 1.71. The highest BCUT2D eigenvalue weighted by Crippen LogP contribution is 2.21. The van der Waals surface area contributed by atoms with Gasteiger partial charge < -0.3 is 15.0 Å². The number of nitrogens with zero attached hydrogens (tertiary/aromatic N) is 2. The number of sulfonamides is 1. The summed E-state index contributed by atoms with van der Waals surface area (Å²) in [6.45, 7) is 4.15. The van der Waals surface area contributed by atoms with Gasteiger partial charge in [-0.15, -0.1) is 0 Å². The molecule has 0 radical (unpaired) electrons. The molecule has 0 aromatic heterocycles. The van der Waals surface area contributed by atoms with E-state index >= 15 is 0 Å². The van der Waals surface area contributed by atoms with Crippen LogP contribution in [-0.2, 0) is 26.2 Å². The molecule has 1 saturated carbocycles. The smallest absolute Gasteiger partial charge is 0.242 e. The molecular weight excluding hydrogens is 502 g/mol. The third kappa shape index (κ3) is 8.48. The van der Waals surface area contributed by atoms with Crippen LogP contribution in [0.4, 0.5) is 5.69 Å². The molecule has 0 heterocycles. The lowest BCUT2D eigenvalue weighted by Gasteiger charge is -2.31. The molecule has 1 fully saturated rings. The average molecular weight is 544 g/mol. The summed E-state index contributed by atoms with van der Waals surface area (Å²) in [5.41, 5.74) is 2.49. The predicted octanol–water partition coefficient (Wildman–Crippen LogP) is 4.42. The van der Waals surface area contributed by atoms with Gasteiger partial charge in [-0.2, -0.15) is 0 Å². The van der Waals surface area contributed by atoms with Crippen LogP contribution in [0.3, 0.4) is 0 Å². The van der Waals surface area contributed by atoms with E-state index in [1.165, 1.54) is 17.0 Å². The summed E-state index contributed by atoms with van der Waals surface area (Å²) in [5, 5.41) is 3.14. The second-order valence-electron chi connectivity index (χ2n) is 10.2. The van der Waals surface area contributed by atoms with Gasteiger partial charge in [0.2, 0.25) is 21.8 Å². The van der Waals surface area contributed by atoms with E-state index in [0.29, 0.717) is 17.9 Å². The van der Waals surface area contributed by atoms with E-state index < -0.39 is 16.1 Å². The molecule has 0 unspecified atom stereocenters. The molecule has 1 N–H and O–H groups in total. The van der Waals surface area contributed by atoms with E-state index in [4.69, 9.17) is 4.74 Å². The van der Waals surface area contributed by atoms with Crippen LogP contribution < -0.4 is 14.4 Å². The van der Waals surface area contributed by atoms with Gasteiger partial charge in [0.15, 0.2) is 0 Å². The van der Waals surface area contributed by atoms with E-state index in [1.807, 2.05) is 43.3 Å². The summed E-state index contributed by atoms with van der Waals surface area (Å²) in [6.07, 6.45) is 6.94. The highest BCUT2D eigenvalue weighted by molar-refractivity contribution is 7.92. The lowest BCUT2D eigenvalue weighted by Crippen LogP contribution is -2.50. The van der Waals surface area contributed by atoms with Crippen molar-refractivity contribution in [1.29, 1.82) is 0 Å². The Kier molecular flexibility index (Phi) is 10.6. The van der Waals surface area contributed by atoms with Crippen molar-refractivity contribution in [3.05, 3.63) is 59.7 Å². The summed E-state index contributed by atoms with van der Waals surface area (Å²) in [6, 6.07) is 14.2. The van der Waals surface area contributed by atoms with Gasteiger partial charge in [0, 0.05) is 25.6 Å². The second-order valence-corrected chi connectivity index (χ2v) is 12.1. The van der Waals surface area contributed by atoms with Crippen molar-refractivity contribution in [2.45, 2.75) is 77.4 Å². The van der Waals surface area contributed by atoms with Gasteiger partial charge in [0.1, 0.15) is 11.8 Å². The number of benzene rings is 2. The van der Waals surface area contributed by atoms with Crippen LogP contribution in [0.1, 0.15) is 63.0 Å². The third-order valence-corrected chi connectivity index (χ3v) is 8.30. The molecule has 8 nitrogen and oxygen atoms in total. The Morgan fingerprint density at radius 1 is 1.03 bits per heavy atom. The largest absolute Gasteiger partial charge is 0.497 e. The van der Waals surface area contributed by atoms with Crippen molar-refractivity contribution in [2.24, 2.45) is 0 Å². The SMILES string of the molecule is COc1ccc(CN(C(=O)CCCN(c2ccc(C)cc2)S(C)(=O)=O)[C@@H](C)C(=O)NC2CCCCC2)cc1. The maximum absolute atomic E-state index is 13.5. The number of amides is 2. The third-order valence-electron chi connectivity index (χ3n) is 7.10. The molecule has 2 aromatic carbocycles. The van der Waals surface area contributed by atoms with E-state index in [9.17, 15) is 18.0 Å². The minimum Gasteiger partial charge on any atom is -0.497 e. The highest BCUT2D eigenvalue weighted by Gasteiger charge is 2.28. The quantitative estimate of drug-likeness (QED) is 0.428. The number of rotatable bonds is 12. The second kappa shape index (κ2) is 13.6. The zero-order valence-corrected chi connectivity index (χ0v) is 23.8. The van der Waals surface area contributed by atoms with E-state index in [1.54, 1.807) is 31.1 Å². The maximum atomic E-state index is 13.5. The topological polar surface area (TPSA) is 96.0 Å². The van der Waals surface area contributed by atoms with Crippen molar-refractivity contribution < 1.29 is 22.7 Å². The zero-order chi connectivity index (χ0) is 27.7. The number of nitrogens with one attached hydrogen (secondary N) is 1. The molecule has 1 aliphatic carbocycles. The molecule has 2 aromatic rings. The van der Waals surface area contributed by atoms with Gasteiger partial charge in [-0.1, -0.05) is 49.1 Å². The highest BCUT2D eigenvalue weighted by atomic mass is 32.2. The van der Waals surface area contributed by atoms with Gasteiger partial charge in [0.05, 0.1) is 19.1 Å². The van der Waals surface area contributed by atoms with Crippen LogP contribution in [0.2, 0.25) is 0 Å². The fourth-order valence-electron chi connectivity index (χ4n) is 4.79. The summed E-state index contributed by atoms with van der Waals surface area (Å²) in [5.74, 6) is 0.368. The summed E-state index contributed by atoms with van der Waals surface area (Å²) >= 11 is 0. The van der Waals surface area contributed by atoms with Gasteiger partial charge >= 0.3 is 0 Å². The van der Waals surface area contributed by atoms with Crippen LogP contribution in [-0.4, -0.2) is 57.1 Å². The van der Waals surface area contributed by atoms with Crippen molar-refractivity contribution in [3.8, 4) is 5.75 Å². The van der Waals surface area contributed by atoms with Crippen molar-refractivity contribution in [2.75, 3.05) is 24.2 Å². The van der Waals surface area contributed by atoms with Gasteiger partial charge in [0.25, 0.3) is 0 Å². The summed E-state index contributed by atoms with van der Waals surface area (Å²) in [4.78, 5) is 28.2. The zero-order valence-electron chi connectivity index (χ0n) is 23.0. The molecule has 1 aliphatic rings. The molecular formula is C29H41N3O5S. The monoisotopic (exact) mass is 543 g/mol. The maximum Gasteiger partial charge on any atom is 0.242 e. The lowest BCUT2D eigenvalue weighted by molar-refractivity contribution is -0.141. The Morgan fingerprint density at radius 2 is 1.66 bits per heavy atom. The standard InChI is InChI=1S/C29H41N3O5S/c1-22-12-16-26(17-13-22)32(38(4,35)36)20-8-11-28(33)31(21-24-14-18-27(37-3)19-15-24)23(2)29(34)30-25-9-6-5-7-10-25/h12-19,23,25H,5-11,20-21H2,1-4H3,(H,30,34)/t23-/m0/s1. The van der Waals surface area contributed by atoms with E-state index in [0.717, 1.165) is 36.8 Å². The predicted molar refractivity (Wildman–Crippen MR) is 151 cm³/mol. The summed E-state index contributed by atoms with van der Waals surface area (Å²) < 4.78 is 31.5. The molecule has 208 valence electrons. The number of aryl methyl sites for hydroxylation is 1. The molecule has 0 saturated heterocycles. The molecule has 3 rings (SSSR count). The first-order chi connectivity index (χ1) is 18.1. The molecule has 2 amide bonds. The van der Waals surface area contributed by atoms with Crippen LogP contribution >= 0.6 is 0 Å². The molecule has 0 aliphatic heterocycles. The molecule has 0 spiro atoms. The number of carbonyl (C=O) groups is 2. The number of hydrogen-bond donors (Lipinski definition) is 1. The number of anilines is 1. The Bertz CT molecular complexity index is 1160. The van der Waals surface area contributed by atoms with Crippen LogP contribution in [0.25, 0.3) is 0 Å². The molecule has 0 bridgehead atoms. The fraction of sp³-hybridized carbons (Fsp3) is 0.517. The van der Waals surface area contributed by atoms with Crippen LogP contribution in [0.15, 0.2) is 48.5 Å². The summed E-state index contributed by atoms with van der Waals surface area (Å²) in [7, 11) is -1.92. The van der Waals surface area contributed by atoms with Crippen LogP contribution in [0.5, 0.6) is 5.75 Å². The van der Waals surface area contributed by atoms with E-state index in [2.05, 4.69) is 5.32 Å². The van der Waals surface area contributed by atoms with E-state index in [-0.39, 0.29) is 37.4 Å². The van der Waals surface area contributed by atoms with Gasteiger partial charge in [-0.05, 0) is 62.9 Å².